The van der Waals surface area contributed by atoms with Crippen LogP contribution in [0.3, 0.4) is 0 Å². The maximum absolute atomic E-state index is 11.4. The molecule has 0 aliphatic carbocycles. The zero-order valence-electron chi connectivity index (χ0n) is 22.9. The summed E-state index contributed by atoms with van der Waals surface area (Å²) in [5.74, 6) is 1.58. The number of nitrogens with two attached hydrogens (primary N) is 1. The van der Waals surface area contributed by atoms with Crippen LogP contribution >= 0.6 is 0 Å². The molecule has 0 saturated carbocycles. The van der Waals surface area contributed by atoms with Crippen molar-refractivity contribution in [3.05, 3.63) is 70.4 Å². The molecule has 0 atom stereocenters. The van der Waals surface area contributed by atoms with Crippen molar-refractivity contribution >= 4 is 17.4 Å². The molecular weight excluding hydrogens is 460 g/mol. The Hall–Kier alpha value is -3.45. The van der Waals surface area contributed by atoms with Crippen molar-refractivity contribution in [3.8, 4) is 11.4 Å². The molecule has 5 rings (SSSR count). The highest BCUT2D eigenvalue weighted by Crippen LogP contribution is 2.34. The van der Waals surface area contributed by atoms with E-state index in [-0.39, 0.29) is 5.91 Å². The zero-order chi connectivity index (χ0) is 26.5. The number of para-hydroxylation sites is 1. The minimum Gasteiger partial charge on any atom is -0.369 e. The zero-order valence-corrected chi connectivity index (χ0v) is 22.9. The molecular formula is C30H40N6O. The van der Waals surface area contributed by atoms with Crippen molar-refractivity contribution in [1.82, 2.24) is 14.9 Å². The van der Waals surface area contributed by atoms with Gasteiger partial charge in [0, 0.05) is 62.5 Å². The number of benzene rings is 2. The summed E-state index contributed by atoms with van der Waals surface area (Å²) in [5, 5.41) is 0. The lowest BCUT2D eigenvalue weighted by molar-refractivity contribution is -0.119. The summed E-state index contributed by atoms with van der Waals surface area (Å²) >= 11 is 0. The van der Waals surface area contributed by atoms with Gasteiger partial charge in [0.25, 0.3) is 0 Å². The van der Waals surface area contributed by atoms with Crippen molar-refractivity contribution in [2.45, 2.75) is 47.6 Å². The second kappa shape index (κ2) is 11.7. The first-order valence-electron chi connectivity index (χ1n) is 13.4. The molecule has 0 unspecified atom stereocenters. The van der Waals surface area contributed by atoms with Crippen LogP contribution in [0.5, 0.6) is 0 Å². The Labute approximate surface area is 221 Å². The van der Waals surface area contributed by atoms with Crippen LogP contribution in [-0.4, -0.2) is 60.0 Å². The molecule has 7 heteroatoms. The van der Waals surface area contributed by atoms with Gasteiger partial charge in [0.2, 0.25) is 5.91 Å². The van der Waals surface area contributed by atoms with Gasteiger partial charge in [-0.05, 0) is 43.5 Å². The number of nitrogens with zero attached hydrogens (tertiary/aromatic N) is 5. The first kappa shape index (κ1) is 26.6. The molecule has 1 aromatic heterocycles. The standard InChI is InChI=1S/C28H34N6O.C2H6/c1-19-7-4-5-10-24(19)34-12-11-23-22(17-34)28(33-15-13-32(14-16-33)18-25(29)35)31-27(30-23)26-20(2)8-6-9-21(26)3;1-2/h4-10H,11-18H2,1-3H3,(H2,29,35);1-2H3. The molecule has 3 aromatic rings. The summed E-state index contributed by atoms with van der Waals surface area (Å²) in [5.41, 5.74) is 13.9. The summed E-state index contributed by atoms with van der Waals surface area (Å²) < 4.78 is 0. The molecule has 3 heterocycles. The van der Waals surface area contributed by atoms with E-state index in [9.17, 15) is 4.79 Å². The van der Waals surface area contributed by atoms with Gasteiger partial charge in [0.15, 0.2) is 5.82 Å². The van der Waals surface area contributed by atoms with Crippen LogP contribution in [0.4, 0.5) is 11.5 Å². The number of aromatic nitrogens is 2. The van der Waals surface area contributed by atoms with Gasteiger partial charge in [-0.25, -0.2) is 9.97 Å². The summed E-state index contributed by atoms with van der Waals surface area (Å²) in [6, 6.07) is 14.9. The fourth-order valence-electron chi connectivity index (χ4n) is 5.40. The van der Waals surface area contributed by atoms with Crippen LogP contribution < -0.4 is 15.5 Å². The molecule has 196 valence electrons. The Kier molecular flexibility index (Phi) is 8.44. The van der Waals surface area contributed by atoms with Gasteiger partial charge in [-0.1, -0.05) is 50.2 Å². The minimum atomic E-state index is -0.274. The molecule has 2 aromatic carbocycles. The van der Waals surface area contributed by atoms with Crippen LogP contribution in [0.15, 0.2) is 42.5 Å². The van der Waals surface area contributed by atoms with E-state index >= 15 is 0 Å². The van der Waals surface area contributed by atoms with E-state index in [1.165, 1.54) is 27.9 Å². The molecule has 1 amide bonds. The smallest absolute Gasteiger partial charge is 0.231 e. The van der Waals surface area contributed by atoms with E-state index < -0.39 is 0 Å². The average molecular weight is 501 g/mol. The topological polar surface area (TPSA) is 78.6 Å². The SMILES string of the molecule is CC.Cc1ccccc1N1CCc2nc(-c3c(C)cccc3C)nc(N3CCN(CC(N)=O)CC3)c2C1. The number of carbonyl (C=O) groups excluding carboxylic acids is 1. The summed E-state index contributed by atoms with van der Waals surface area (Å²) in [6.07, 6.45) is 0.888. The number of hydrogen-bond acceptors (Lipinski definition) is 6. The molecule has 2 aliphatic rings. The third-order valence-corrected chi connectivity index (χ3v) is 7.25. The summed E-state index contributed by atoms with van der Waals surface area (Å²) in [7, 11) is 0. The molecule has 1 fully saturated rings. The fourth-order valence-corrected chi connectivity index (χ4v) is 5.40. The van der Waals surface area contributed by atoms with Gasteiger partial charge in [0.05, 0.1) is 12.2 Å². The summed E-state index contributed by atoms with van der Waals surface area (Å²) in [6.45, 7) is 15.7. The molecule has 2 aliphatic heterocycles. The van der Waals surface area contributed by atoms with Gasteiger partial charge >= 0.3 is 0 Å². The molecule has 37 heavy (non-hydrogen) atoms. The maximum atomic E-state index is 11.4. The minimum absolute atomic E-state index is 0.274. The van der Waals surface area contributed by atoms with E-state index in [1.54, 1.807) is 0 Å². The number of rotatable bonds is 5. The van der Waals surface area contributed by atoms with Crippen molar-refractivity contribution in [3.63, 3.8) is 0 Å². The third kappa shape index (κ3) is 5.77. The van der Waals surface area contributed by atoms with Crippen molar-refractivity contribution in [1.29, 1.82) is 0 Å². The number of amides is 1. The Bertz CT molecular complexity index is 1230. The number of primary amides is 1. The highest BCUT2D eigenvalue weighted by molar-refractivity contribution is 5.76. The van der Waals surface area contributed by atoms with Gasteiger partial charge in [-0.15, -0.1) is 0 Å². The Balaban J connectivity index is 0.00000156. The monoisotopic (exact) mass is 500 g/mol. The van der Waals surface area contributed by atoms with Gasteiger partial charge in [-0.3, -0.25) is 9.69 Å². The van der Waals surface area contributed by atoms with Crippen LogP contribution in [0.1, 0.15) is 41.8 Å². The Morgan fingerprint density at radius 2 is 1.49 bits per heavy atom. The molecule has 7 nitrogen and oxygen atoms in total. The van der Waals surface area contributed by atoms with E-state index in [0.29, 0.717) is 6.54 Å². The molecule has 2 N–H and O–H groups in total. The van der Waals surface area contributed by atoms with Gasteiger partial charge < -0.3 is 15.5 Å². The summed E-state index contributed by atoms with van der Waals surface area (Å²) in [4.78, 5) is 28.7. The lowest BCUT2D eigenvalue weighted by Gasteiger charge is -2.38. The van der Waals surface area contributed by atoms with Crippen molar-refractivity contribution in [2.75, 3.05) is 49.1 Å². The number of hydrogen-bond donors (Lipinski definition) is 1. The third-order valence-electron chi connectivity index (χ3n) is 7.25. The predicted octanol–water partition coefficient (Wildman–Crippen LogP) is 4.27. The largest absolute Gasteiger partial charge is 0.369 e. The van der Waals surface area contributed by atoms with Crippen molar-refractivity contribution in [2.24, 2.45) is 5.73 Å². The number of piperazine rings is 1. The van der Waals surface area contributed by atoms with Crippen LogP contribution in [0.25, 0.3) is 11.4 Å². The number of aryl methyl sites for hydroxylation is 3. The van der Waals surface area contributed by atoms with Gasteiger partial charge in [0.1, 0.15) is 5.82 Å². The Morgan fingerprint density at radius 1 is 0.838 bits per heavy atom. The molecule has 1 saturated heterocycles. The molecule has 0 bridgehead atoms. The van der Waals surface area contributed by atoms with Crippen LogP contribution in [0.2, 0.25) is 0 Å². The number of fused-ring (bicyclic) bond motifs is 1. The average Bonchev–Trinajstić information content (AvgIpc) is 2.89. The quantitative estimate of drug-likeness (QED) is 0.564. The van der Waals surface area contributed by atoms with E-state index in [0.717, 1.165) is 68.6 Å². The highest BCUT2D eigenvalue weighted by Gasteiger charge is 2.29. The first-order chi connectivity index (χ1) is 17.9. The highest BCUT2D eigenvalue weighted by atomic mass is 16.1. The van der Waals surface area contributed by atoms with E-state index in [1.807, 2.05) is 13.8 Å². The number of anilines is 2. The van der Waals surface area contributed by atoms with E-state index in [2.05, 4.69) is 77.9 Å². The van der Waals surface area contributed by atoms with Crippen LogP contribution in [0, 0.1) is 20.8 Å². The fraction of sp³-hybridized carbons (Fsp3) is 0.433. The molecule has 0 spiro atoms. The Morgan fingerprint density at radius 3 is 2.14 bits per heavy atom. The maximum Gasteiger partial charge on any atom is 0.231 e. The first-order valence-corrected chi connectivity index (χ1v) is 13.4. The lowest BCUT2D eigenvalue weighted by Crippen LogP contribution is -2.49. The predicted molar refractivity (Wildman–Crippen MR) is 152 cm³/mol. The lowest BCUT2D eigenvalue weighted by atomic mass is 10.00. The van der Waals surface area contributed by atoms with Gasteiger partial charge in [-0.2, -0.15) is 0 Å². The second-order valence-corrected chi connectivity index (χ2v) is 9.75. The number of carbonyl (C=O) groups is 1. The van der Waals surface area contributed by atoms with Crippen molar-refractivity contribution < 1.29 is 4.79 Å². The normalized spacial score (nSPS) is 15.6. The van der Waals surface area contributed by atoms with Crippen LogP contribution in [-0.2, 0) is 17.8 Å². The second-order valence-electron chi connectivity index (χ2n) is 9.75. The molecule has 0 radical (unpaired) electrons. The van der Waals surface area contributed by atoms with E-state index in [4.69, 9.17) is 15.7 Å².